The summed E-state index contributed by atoms with van der Waals surface area (Å²) in [5, 5.41) is 1.51. The Balaban J connectivity index is 2.07. The van der Waals surface area contributed by atoms with Gasteiger partial charge in [-0.05, 0) is 30.0 Å². The minimum absolute atomic E-state index is 0.0749. The average molecular weight is 313 g/mol. The van der Waals surface area contributed by atoms with Gasteiger partial charge in [0.25, 0.3) is 5.56 Å². The highest BCUT2D eigenvalue weighted by atomic mass is 32.2. The first-order chi connectivity index (χ1) is 10.7. The van der Waals surface area contributed by atoms with Crippen molar-refractivity contribution in [1.82, 2.24) is 14.5 Å². The van der Waals surface area contributed by atoms with Crippen LogP contribution in [-0.4, -0.2) is 27.9 Å². The zero-order valence-corrected chi connectivity index (χ0v) is 13.1. The molecule has 0 spiro atoms. The van der Waals surface area contributed by atoms with Crippen molar-refractivity contribution in [2.75, 3.05) is 13.4 Å². The molecule has 112 valence electrons. The Morgan fingerprint density at radius 1 is 1.18 bits per heavy atom. The molecule has 0 radical (unpaired) electrons. The molecule has 22 heavy (non-hydrogen) atoms. The Morgan fingerprint density at radius 2 is 1.95 bits per heavy atom. The van der Waals surface area contributed by atoms with Gasteiger partial charge in [-0.3, -0.25) is 9.36 Å². The standard InChI is InChI=1S/C16H15N3O2S/c1-21-13-6-3-11(4-7-13)10-19-14(20)8-5-12-9-17-16(22-2)18-15(12)19/h3-9H,10H2,1-2H3. The van der Waals surface area contributed by atoms with E-state index in [1.54, 1.807) is 30.0 Å². The number of ether oxygens (including phenoxy) is 1. The number of pyridine rings is 1. The largest absolute Gasteiger partial charge is 0.497 e. The quantitative estimate of drug-likeness (QED) is 0.547. The van der Waals surface area contributed by atoms with Crippen molar-refractivity contribution in [2.45, 2.75) is 11.7 Å². The third-order valence-electron chi connectivity index (χ3n) is 3.38. The van der Waals surface area contributed by atoms with Crippen molar-refractivity contribution < 1.29 is 4.74 Å². The van der Waals surface area contributed by atoms with E-state index in [1.807, 2.05) is 30.5 Å². The van der Waals surface area contributed by atoms with Gasteiger partial charge in [-0.1, -0.05) is 23.9 Å². The van der Waals surface area contributed by atoms with Crippen molar-refractivity contribution in [1.29, 1.82) is 0 Å². The molecule has 0 amide bonds. The summed E-state index contributed by atoms with van der Waals surface area (Å²) >= 11 is 1.46. The molecule has 0 atom stereocenters. The molecule has 6 heteroatoms. The molecular weight excluding hydrogens is 298 g/mol. The van der Waals surface area contributed by atoms with Gasteiger partial charge < -0.3 is 4.74 Å². The van der Waals surface area contributed by atoms with Gasteiger partial charge in [0.15, 0.2) is 5.16 Å². The molecule has 0 saturated carbocycles. The summed E-state index contributed by atoms with van der Waals surface area (Å²) in [5.74, 6) is 0.793. The number of methoxy groups -OCH3 is 1. The van der Waals surface area contributed by atoms with Crippen LogP contribution in [0.4, 0.5) is 0 Å². The maximum Gasteiger partial charge on any atom is 0.252 e. The topological polar surface area (TPSA) is 57.0 Å². The number of hydrogen-bond acceptors (Lipinski definition) is 5. The third-order valence-corrected chi connectivity index (χ3v) is 3.95. The number of fused-ring (bicyclic) bond motifs is 1. The van der Waals surface area contributed by atoms with Crippen LogP contribution in [0.3, 0.4) is 0 Å². The molecule has 0 fully saturated rings. The van der Waals surface area contributed by atoms with Crippen LogP contribution in [0.25, 0.3) is 11.0 Å². The molecule has 0 saturated heterocycles. The highest BCUT2D eigenvalue weighted by Crippen LogP contribution is 2.16. The maximum absolute atomic E-state index is 12.2. The second kappa shape index (κ2) is 6.19. The smallest absolute Gasteiger partial charge is 0.252 e. The van der Waals surface area contributed by atoms with Crippen molar-refractivity contribution in [3.8, 4) is 5.75 Å². The van der Waals surface area contributed by atoms with E-state index in [9.17, 15) is 4.79 Å². The van der Waals surface area contributed by atoms with Crippen LogP contribution >= 0.6 is 11.8 Å². The van der Waals surface area contributed by atoms with Crippen LogP contribution in [0.15, 0.2) is 52.5 Å². The van der Waals surface area contributed by atoms with Crippen LogP contribution in [-0.2, 0) is 6.54 Å². The summed E-state index contributed by atoms with van der Waals surface area (Å²) in [6, 6.07) is 11.0. The van der Waals surface area contributed by atoms with Crippen molar-refractivity contribution in [2.24, 2.45) is 0 Å². The second-order valence-electron chi connectivity index (χ2n) is 4.74. The molecule has 0 bridgehead atoms. The van der Waals surface area contributed by atoms with E-state index in [4.69, 9.17) is 4.74 Å². The summed E-state index contributed by atoms with van der Waals surface area (Å²) in [7, 11) is 1.63. The molecule has 3 rings (SSSR count). The summed E-state index contributed by atoms with van der Waals surface area (Å²) in [6.45, 7) is 0.463. The molecule has 0 aliphatic heterocycles. The molecule has 3 aromatic rings. The Bertz CT molecular complexity index is 859. The van der Waals surface area contributed by atoms with Gasteiger partial charge >= 0.3 is 0 Å². The fraction of sp³-hybridized carbons (Fsp3) is 0.188. The predicted molar refractivity (Wildman–Crippen MR) is 87.7 cm³/mol. The molecule has 1 aromatic carbocycles. The van der Waals surface area contributed by atoms with E-state index in [0.717, 1.165) is 16.7 Å². The minimum atomic E-state index is -0.0749. The number of aromatic nitrogens is 3. The van der Waals surface area contributed by atoms with Gasteiger partial charge in [0.1, 0.15) is 11.4 Å². The normalized spacial score (nSPS) is 10.8. The van der Waals surface area contributed by atoms with E-state index in [2.05, 4.69) is 9.97 Å². The van der Waals surface area contributed by atoms with Crippen molar-refractivity contribution >= 4 is 22.8 Å². The molecule has 0 aliphatic carbocycles. The summed E-state index contributed by atoms with van der Waals surface area (Å²) in [6.07, 6.45) is 3.66. The van der Waals surface area contributed by atoms with E-state index in [-0.39, 0.29) is 5.56 Å². The lowest BCUT2D eigenvalue weighted by molar-refractivity contribution is 0.414. The lowest BCUT2D eigenvalue weighted by Gasteiger charge is -2.10. The van der Waals surface area contributed by atoms with Crippen LogP contribution in [0.1, 0.15) is 5.56 Å². The Labute approximate surface area is 132 Å². The maximum atomic E-state index is 12.2. The molecule has 0 unspecified atom stereocenters. The molecule has 5 nitrogen and oxygen atoms in total. The Hall–Kier alpha value is -2.34. The third kappa shape index (κ3) is 2.82. The van der Waals surface area contributed by atoms with Crippen LogP contribution in [0, 0.1) is 0 Å². The molecule has 0 aliphatic rings. The van der Waals surface area contributed by atoms with Crippen LogP contribution < -0.4 is 10.3 Å². The van der Waals surface area contributed by atoms with Gasteiger partial charge in [0.2, 0.25) is 0 Å². The summed E-state index contributed by atoms with van der Waals surface area (Å²) in [4.78, 5) is 21.0. The van der Waals surface area contributed by atoms with Crippen LogP contribution in [0.5, 0.6) is 5.75 Å². The SMILES string of the molecule is COc1ccc(Cn2c(=O)ccc3cnc(SC)nc32)cc1. The summed E-state index contributed by atoms with van der Waals surface area (Å²) < 4.78 is 6.82. The molecule has 0 N–H and O–H groups in total. The first kappa shape index (κ1) is 14.6. The van der Waals surface area contributed by atoms with Gasteiger partial charge in [0, 0.05) is 17.6 Å². The molecular formula is C16H15N3O2S. The monoisotopic (exact) mass is 313 g/mol. The van der Waals surface area contributed by atoms with E-state index < -0.39 is 0 Å². The van der Waals surface area contributed by atoms with Gasteiger partial charge in [0.05, 0.1) is 13.7 Å². The Morgan fingerprint density at radius 3 is 2.64 bits per heavy atom. The first-order valence-electron chi connectivity index (χ1n) is 6.75. The van der Waals surface area contributed by atoms with Gasteiger partial charge in [-0.15, -0.1) is 0 Å². The Kier molecular flexibility index (Phi) is 4.11. The van der Waals surface area contributed by atoms with Crippen molar-refractivity contribution in [3.63, 3.8) is 0 Å². The fourth-order valence-electron chi connectivity index (χ4n) is 2.22. The van der Waals surface area contributed by atoms with E-state index in [0.29, 0.717) is 17.3 Å². The highest BCUT2D eigenvalue weighted by molar-refractivity contribution is 7.98. The summed E-state index contributed by atoms with van der Waals surface area (Å²) in [5.41, 5.74) is 1.59. The zero-order chi connectivity index (χ0) is 15.5. The number of nitrogens with zero attached hydrogens (tertiary/aromatic N) is 3. The van der Waals surface area contributed by atoms with E-state index in [1.165, 1.54) is 11.8 Å². The van der Waals surface area contributed by atoms with Gasteiger partial charge in [-0.2, -0.15) is 0 Å². The number of rotatable bonds is 4. The highest BCUT2D eigenvalue weighted by Gasteiger charge is 2.07. The van der Waals surface area contributed by atoms with Crippen molar-refractivity contribution in [3.05, 3.63) is 58.5 Å². The number of benzene rings is 1. The zero-order valence-electron chi connectivity index (χ0n) is 12.3. The number of thioether (sulfide) groups is 1. The van der Waals surface area contributed by atoms with Gasteiger partial charge in [-0.25, -0.2) is 9.97 Å². The second-order valence-corrected chi connectivity index (χ2v) is 5.51. The van der Waals surface area contributed by atoms with E-state index >= 15 is 0 Å². The fourth-order valence-corrected chi connectivity index (χ4v) is 2.56. The molecule has 2 aromatic heterocycles. The predicted octanol–water partition coefficient (Wildman–Crippen LogP) is 2.57. The number of hydrogen-bond donors (Lipinski definition) is 0. The minimum Gasteiger partial charge on any atom is -0.497 e. The first-order valence-corrected chi connectivity index (χ1v) is 7.97. The lowest BCUT2D eigenvalue weighted by atomic mass is 10.2. The average Bonchev–Trinajstić information content (AvgIpc) is 2.57. The van der Waals surface area contributed by atoms with Crippen LogP contribution in [0.2, 0.25) is 0 Å². The molecule has 2 heterocycles. The lowest BCUT2D eigenvalue weighted by Crippen LogP contribution is -2.21.